The minimum Gasteiger partial charge on any atom is -0.395 e. The van der Waals surface area contributed by atoms with Crippen LogP contribution in [0.3, 0.4) is 0 Å². The van der Waals surface area contributed by atoms with Gasteiger partial charge in [0.25, 0.3) is 0 Å². The van der Waals surface area contributed by atoms with E-state index in [-0.39, 0.29) is 30.4 Å². The first-order valence-corrected chi connectivity index (χ1v) is 13.7. The summed E-state index contributed by atoms with van der Waals surface area (Å²) in [6.07, 6.45) is 1.77. The summed E-state index contributed by atoms with van der Waals surface area (Å²) in [6.45, 7) is 2.01. The zero-order valence-corrected chi connectivity index (χ0v) is 20.1. The van der Waals surface area contributed by atoms with Crippen molar-refractivity contribution in [1.29, 1.82) is 0 Å². The van der Waals surface area contributed by atoms with E-state index in [1.54, 1.807) is 4.31 Å². The third kappa shape index (κ3) is 4.68. The average molecular weight is 477 g/mol. The number of aliphatic hydroxyl groups excluding tert-OH is 1. The van der Waals surface area contributed by atoms with Crippen LogP contribution in [0.5, 0.6) is 0 Å². The summed E-state index contributed by atoms with van der Waals surface area (Å²) in [4.78, 5) is 2.32. The molecule has 0 radical (unpaired) electrons. The van der Waals surface area contributed by atoms with Gasteiger partial charge in [-0.15, -0.1) is 0 Å². The zero-order chi connectivity index (χ0) is 23.5. The topological polar surface area (TPSA) is 60.9 Å². The number of benzene rings is 3. The summed E-state index contributed by atoms with van der Waals surface area (Å²) >= 11 is 0. The quantitative estimate of drug-likeness (QED) is 0.582. The fourth-order valence-corrected chi connectivity index (χ4v) is 7.15. The molecule has 0 unspecified atom stereocenters. The molecule has 2 saturated heterocycles. The first-order valence-electron chi connectivity index (χ1n) is 12.1. The minimum atomic E-state index is -3.43. The molecule has 2 aliphatic rings. The molecule has 1 N–H and O–H groups in total. The second-order valence-corrected chi connectivity index (χ2v) is 11.3. The highest BCUT2D eigenvalue weighted by Crippen LogP contribution is 2.42. The van der Waals surface area contributed by atoms with Gasteiger partial charge in [0.1, 0.15) is 0 Å². The smallest absolute Gasteiger partial charge is 0.218 e. The van der Waals surface area contributed by atoms with Crippen molar-refractivity contribution in [3.05, 3.63) is 96.1 Å². The lowest BCUT2D eigenvalue weighted by molar-refractivity contribution is -0.0554. The first kappa shape index (κ1) is 23.2. The third-order valence-corrected chi connectivity index (χ3v) is 9.14. The maximum absolute atomic E-state index is 13.4. The Morgan fingerprint density at radius 2 is 1.41 bits per heavy atom. The van der Waals surface area contributed by atoms with Crippen molar-refractivity contribution in [2.24, 2.45) is 0 Å². The zero-order valence-electron chi connectivity index (χ0n) is 19.3. The molecule has 2 fully saturated rings. The van der Waals surface area contributed by atoms with Crippen molar-refractivity contribution in [1.82, 2.24) is 9.21 Å². The number of hydrogen-bond donors (Lipinski definition) is 1. The molecule has 34 heavy (non-hydrogen) atoms. The Kier molecular flexibility index (Phi) is 6.84. The van der Waals surface area contributed by atoms with Gasteiger partial charge in [0.15, 0.2) is 0 Å². The molecule has 0 aliphatic carbocycles. The molecule has 0 spiro atoms. The van der Waals surface area contributed by atoms with Gasteiger partial charge in [0, 0.05) is 31.1 Å². The average Bonchev–Trinajstić information content (AvgIpc) is 2.84. The molecule has 3 aromatic rings. The Bertz CT molecular complexity index is 1180. The second kappa shape index (κ2) is 10.0. The number of hydrogen-bond acceptors (Lipinski definition) is 4. The molecule has 0 bridgehead atoms. The van der Waals surface area contributed by atoms with Gasteiger partial charge < -0.3 is 5.11 Å². The largest absolute Gasteiger partial charge is 0.395 e. The minimum absolute atomic E-state index is 0.0282. The highest BCUT2D eigenvalue weighted by atomic mass is 32.2. The van der Waals surface area contributed by atoms with E-state index < -0.39 is 10.0 Å². The predicted molar refractivity (Wildman–Crippen MR) is 136 cm³/mol. The standard InChI is InChI=1S/C28H32N2O3S/c31-20-27-28(25-15-13-24(14-16-25)23-11-5-2-6-12-23)26-19-29(17-7-8-18-30(26)27)34(32,33)21-22-9-3-1-4-10-22/h1-6,9-16,26-28,31H,7-8,17-21H2/t26-,27+,28+/m1/s1. The van der Waals surface area contributed by atoms with Gasteiger partial charge in [-0.25, -0.2) is 12.7 Å². The van der Waals surface area contributed by atoms with Crippen molar-refractivity contribution in [2.45, 2.75) is 36.6 Å². The van der Waals surface area contributed by atoms with Gasteiger partial charge in [-0.2, -0.15) is 0 Å². The van der Waals surface area contributed by atoms with Crippen LogP contribution in [-0.4, -0.2) is 61.1 Å². The number of fused-ring (bicyclic) bond motifs is 1. The summed E-state index contributed by atoms with van der Waals surface area (Å²) in [5, 5.41) is 10.2. The molecule has 2 aliphatic heterocycles. The number of aliphatic hydroxyl groups is 1. The van der Waals surface area contributed by atoms with E-state index in [0.29, 0.717) is 13.1 Å². The Labute approximate surface area is 202 Å². The monoisotopic (exact) mass is 476 g/mol. The Morgan fingerprint density at radius 1 is 0.794 bits per heavy atom. The number of sulfonamides is 1. The number of rotatable bonds is 6. The Morgan fingerprint density at radius 3 is 2.09 bits per heavy atom. The molecular weight excluding hydrogens is 444 g/mol. The molecule has 178 valence electrons. The summed E-state index contributed by atoms with van der Waals surface area (Å²) in [5.74, 6) is 0.141. The van der Waals surface area contributed by atoms with Crippen LogP contribution in [0.25, 0.3) is 11.1 Å². The summed E-state index contributed by atoms with van der Waals surface area (Å²) < 4.78 is 28.4. The van der Waals surface area contributed by atoms with Crippen LogP contribution in [0.1, 0.15) is 29.9 Å². The van der Waals surface area contributed by atoms with Gasteiger partial charge in [-0.05, 0) is 41.6 Å². The van der Waals surface area contributed by atoms with Crippen LogP contribution >= 0.6 is 0 Å². The predicted octanol–water partition coefficient (Wildman–Crippen LogP) is 4.11. The van der Waals surface area contributed by atoms with E-state index in [4.69, 9.17) is 0 Å². The van der Waals surface area contributed by atoms with Crippen LogP contribution in [0.4, 0.5) is 0 Å². The first-order chi connectivity index (χ1) is 16.6. The summed E-state index contributed by atoms with van der Waals surface area (Å²) in [6, 6.07) is 28.4. The van der Waals surface area contributed by atoms with Gasteiger partial charge >= 0.3 is 0 Å². The van der Waals surface area contributed by atoms with E-state index in [2.05, 4.69) is 41.3 Å². The van der Waals surface area contributed by atoms with Crippen LogP contribution < -0.4 is 0 Å². The molecular formula is C28H32N2O3S. The summed E-state index contributed by atoms with van der Waals surface area (Å²) in [7, 11) is -3.43. The fraction of sp³-hybridized carbons (Fsp3) is 0.357. The van der Waals surface area contributed by atoms with Gasteiger partial charge in [-0.1, -0.05) is 84.9 Å². The van der Waals surface area contributed by atoms with Gasteiger partial charge in [0.2, 0.25) is 10.0 Å². The van der Waals surface area contributed by atoms with E-state index >= 15 is 0 Å². The second-order valence-electron chi connectivity index (χ2n) is 9.38. The highest BCUT2D eigenvalue weighted by Gasteiger charge is 2.50. The lowest BCUT2D eigenvalue weighted by atomic mass is 9.74. The SMILES string of the molecule is O=S(=O)(Cc1ccccc1)N1CCCCN2[C@H](C1)[C@H](c1ccc(-c3ccccc3)cc1)[C@@H]2CO. The van der Waals surface area contributed by atoms with Crippen LogP contribution in [0.2, 0.25) is 0 Å². The van der Waals surface area contributed by atoms with Crippen LogP contribution in [-0.2, 0) is 15.8 Å². The molecule has 0 aromatic heterocycles. The molecule has 5 nitrogen and oxygen atoms in total. The third-order valence-electron chi connectivity index (χ3n) is 7.32. The van der Waals surface area contributed by atoms with E-state index in [1.807, 2.05) is 48.5 Å². The molecule has 5 rings (SSSR count). The Hall–Kier alpha value is -2.51. The van der Waals surface area contributed by atoms with Crippen molar-refractivity contribution >= 4 is 10.0 Å². The molecule has 3 aromatic carbocycles. The van der Waals surface area contributed by atoms with Crippen LogP contribution in [0, 0.1) is 0 Å². The number of nitrogens with zero attached hydrogens (tertiary/aromatic N) is 2. The maximum atomic E-state index is 13.4. The normalized spacial score (nSPS) is 24.0. The fourth-order valence-electron chi connectivity index (χ4n) is 5.57. The van der Waals surface area contributed by atoms with Crippen molar-refractivity contribution in [2.75, 3.05) is 26.2 Å². The lowest BCUT2D eigenvalue weighted by Crippen LogP contribution is -2.67. The molecule has 3 atom stereocenters. The lowest BCUT2D eigenvalue weighted by Gasteiger charge is -2.57. The highest BCUT2D eigenvalue weighted by molar-refractivity contribution is 7.88. The summed E-state index contributed by atoms with van der Waals surface area (Å²) in [5.41, 5.74) is 4.32. The van der Waals surface area contributed by atoms with E-state index in [9.17, 15) is 13.5 Å². The Balaban J connectivity index is 1.38. The molecule has 0 saturated carbocycles. The van der Waals surface area contributed by atoms with Gasteiger partial charge in [-0.3, -0.25) is 4.90 Å². The maximum Gasteiger partial charge on any atom is 0.218 e. The van der Waals surface area contributed by atoms with E-state index in [1.165, 1.54) is 11.1 Å². The van der Waals surface area contributed by atoms with Crippen molar-refractivity contribution in [3.8, 4) is 11.1 Å². The van der Waals surface area contributed by atoms with E-state index in [0.717, 1.165) is 30.5 Å². The molecule has 0 amide bonds. The van der Waals surface area contributed by atoms with Crippen LogP contribution in [0.15, 0.2) is 84.9 Å². The molecule has 2 heterocycles. The van der Waals surface area contributed by atoms with Gasteiger partial charge in [0.05, 0.1) is 12.4 Å². The molecule has 6 heteroatoms. The van der Waals surface area contributed by atoms with Crippen molar-refractivity contribution < 1.29 is 13.5 Å². The van der Waals surface area contributed by atoms with Crippen molar-refractivity contribution in [3.63, 3.8) is 0 Å².